The number of carbonyl (C=O) groups excluding carboxylic acids is 1. The molecule has 3 aliphatic rings. The maximum atomic E-state index is 12.6. The van der Waals surface area contributed by atoms with Gasteiger partial charge in [-0.3, -0.25) is 14.7 Å². The third-order valence-corrected chi connectivity index (χ3v) is 6.23. The molecule has 7 nitrogen and oxygen atoms in total. The summed E-state index contributed by atoms with van der Waals surface area (Å²) in [5.41, 5.74) is 0.288. The van der Waals surface area contributed by atoms with Gasteiger partial charge in [-0.25, -0.2) is 4.79 Å². The summed E-state index contributed by atoms with van der Waals surface area (Å²) in [6.07, 6.45) is 7.91. The van der Waals surface area contributed by atoms with E-state index in [2.05, 4.69) is 15.2 Å². The van der Waals surface area contributed by atoms with E-state index in [4.69, 9.17) is 0 Å². The van der Waals surface area contributed by atoms with Gasteiger partial charge in [0.05, 0.1) is 0 Å². The summed E-state index contributed by atoms with van der Waals surface area (Å²) in [6, 6.07) is 4.09. The fourth-order valence-electron chi connectivity index (χ4n) is 4.83. The lowest BCUT2D eigenvalue weighted by molar-refractivity contribution is -0.148. The van der Waals surface area contributed by atoms with Gasteiger partial charge >= 0.3 is 12.0 Å². The Balaban J connectivity index is 1.41. The van der Waals surface area contributed by atoms with Crippen LogP contribution in [-0.4, -0.2) is 64.1 Å². The van der Waals surface area contributed by atoms with Crippen molar-refractivity contribution in [1.29, 1.82) is 0 Å². The number of carboxylic acids is 1. The molecule has 140 valence electrons. The lowest BCUT2D eigenvalue weighted by Crippen LogP contribution is -2.46. The first-order valence-electron chi connectivity index (χ1n) is 9.47. The number of pyridine rings is 1. The number of carboxylic acid groups (broad SMARTS) is 1. The molecule has 1 aromatic heterocycles. The fourth-order valence-corrected chi connectivity index (χ4v) is 4.83. The molecule has 7 heteroatoms. The highest BCUT2D eigenvalue weighted by Gasteiger charge is 2.58. The Bertz CT molecular complexity index is 677. The maximum absolute atomic E-state index is 12.6. The quantitative estimate of drug-likeness (QED) is 0.853. The van der Waals surface area contributed by atoms with E-state index in [1.165, 1.54) is 0 Å². The number of amides is 2. The predicted octanol–water partition coefficient (Wildman–Crippen LogP) is 1.55. The van der Waals surface area contributed by atoms with Crippen molar-refractivity contribution in [3.8, 4) is 0 Å². The zero-order valence-corrected chi connectivity index (χ0v) is 14.9. The lowest BCUT2D eigenvalue weighted by Gasteiger charge is -2.26. The first-order chi connectivity index (χ1) is 12.6. The van der Waals surface area contributed by atoms with E-state index in [0.717, 1.165) is 37.8 Å². The number of urea groups is 1. The van der Waals surface area contributed by atoms with Crippen LogP contribution in [0, 0.1) is 11.3 Å². The lowest BCUT2D eigenvalue weighted by atomic mass is 9.81. The molecule has 1 aliphatic carbocycles. The number of aliphatic carboxylic acids is 1. The van der Waals surface area contributed by atoms with Gasteiger partial charge in [0.2, 0.25) is 0 Å². The minimum atomic E-state index is -0.847. The molecule has 0 bridgehead atoms. The number of likely N-dealkylation sites (tertiary alicyclic amines) is 2. The number of nitrogens with zero attached hydrogens (tertiary/aromatic N) is 3. The molecule has 0 unspecified atom stereocenters. The van der Waals surface area contributed by atoms with Crippen molar-refractivity contribution in [2.75, 3.05) is 26.2 Å². The third-order valence-electron chi connectivity index (χ3n) is 6.23. The normalized spacial score (nSPS) is 29.1. The van der Waals surface area contributed by atoms with Gasteiger partial charge in [0.15, 0.2) is 0 Å². The van der Waals surface area contributed by atoms with E-state index in [0.29, 0.717) is 26.2 Å². The van der Waals surface area contributed by atoms with E-state index >= 15 is 0 Å². The van der Waals surface area contributed by atoms with Crippen LogP contribution < -0.4 is 5.32 Å². The molecule has 2 amide bonds. The van der Waals surface area contributed by atoms with Gasteiger partial charge in [-0.2, -0.15) is 0 Å². The Morgan fingerprint density at radius 1 is 1.19 bits per heavy atom. The van der Waals surface area contributed by atoms with Gasteiger partial charge < -0.3 is 15.3 Å². The second-order valence-electron chi connectivity index (χ2n) is 7.99. The zero-order chi connectivity index (χ0) is 18.1. The van der Waals surface area contributed by atoms with Gasteiger partial charge in [-0.15, -0.1) is 0 Å². The van der Waals surface area contributed by atoms with E-state index in [-0.39, 0.29) is 18.0 Å². The Kier molecular flexibility index (Phi) is 4.56. The summed E-state index contributed by atoms with van der Waals surface area (Å²) in [4.78, 5) is 32.6. The van der Waals surface area contributed by atoms with Crippen LogP contribution in [0.2, 0.25) is 0 Å². The molecule has 2 N–H and O–H groups in total. The number of carbonyl (C=O) groups is 2. The second kappa shape index (κ2) is 6.87. The van der Waals surface area contributed by atoms with Crippen LogP contribution in [0.3, 0.4) is 0 Å². The van der Waals surface area contributed by atoms with Crippen LogP contribution in [0.25, 0.3) is 0 Å². The Hall–Kier alpha value is -2.15. The molecule has 3 heterocycles. The molecule has 4 rings (SSSR count). The van der Waals surface area contributed by atoms with Crippen molar-refractivity contribution < 1.29 is 14.7 Å². The minimum absolute atomic E-state index is 0.0174. The fraction of sp³-hybridized carbons (Fsp3) is 0.632. The van der Waals surface area contributed by atoms with Crippen LogP contribution in [0.1, 0.15) is 31.2 Å². The number of rotatable bonds is 4. The molecule has 26 heavy (non-hydrogen) atoms. The van der Waals surface area contributed by atoms with E-state index < -0.39 is 11.4 Å². The summed E-state index contributed by atoms with van der Waals surface area (Å²) in [6.45, 7) is 2.75. The first kappa shape index (κ1) is 17.3. The summed E-state index contributed by atoms with van der Waals surface area (Å²) >= 11 is 0. The van der Waals surface area contributed by atoms with Gasteiger partial charge in [0, 0.05) is 57.1 Å². The van der Waals surface area contributed by atoms with E-state index in [1.54, 1.807) is 17.3 Å². The Morgan fingerprint density at radius 3 is 2.58 bits per heavy atom. The molecular formula is C19H26N4O3. The summed E-state index contributed by atoms with van der Waals surface area (Å²) in [5.74, 6) is -0.799. The topological polar surface area (TPSA) is 85.8 Å². The SMILES string of the molecule is O=C(NC1CCCC1)N1C[C@H]2CN(Cc3ccncc3)C[C@@]2(C(=O)O)C1. The predicted molar refractivity (Wildman–Crippen MR) is 95.4 cm³/mol. The molecule has 0 aromatic carbocycles. The highest BCUT2D eigenvalue weighted by atomic mass is 16.4. The smallest absolute Gasteiger partial charge is 0.317 e. The highest BCUT2D eigenvalue weighted by Crippen LogP contribution is 2.43. The molecule has 2 saturated heterocycles. The summed E-state index contributed by atoms with van der Waals surface area (Å²) in [5, 5.41) is 13.0. The van der Waals surface area contributed by atoms with Crippen molar-refractivity contribution in [2.24, 2.45) is 11.3 Å². The van der Waals surface area contributed by atoms with E-state index in [1.807, 2.05) is 12.1 Å². The van der Waals surface area contributed by atoms with Crippen LogP contribution in [-0.2, 0) is 11.3 Å². The molecule has 2 aliphatic heterocycles. The molecular weight excluding hydrogens is 332 g/mol. The average Bonchev–Trinajstić information content (AvgIpc) is 3.30. The average molecular weight is 358 g/mol. The second-order valence-corrected chi connectivity index (χ2v) is 7.99. The van der Waals surface area contributed by atoms with Gasteiger partial charge in [0.25, 0.3) is 0 Å². The van der Waals surface area contributed by atoms with E-state index in [9.17, 15) is 14.7 Å². The molecule has 1 saturated carbocycles. The van der Waals surface area contributed by atoms with Crippen molar-refractivity contribution in [3.63, 3.8) is 0 Å². The Labute approximate surface area is 153 Å². The van der Waals surface area contributed by atoms with Gasteiger partial charge in [-0.05, 0) is 30.5 Å². The molecule has 0 radical (unpaired) electrons. The highest BCUT2D eigenvalue weighted by molar-refractivity contribution is 5.81. The van der Waals surface area contributed by atoms with Crippen molar-refractivity contribution in [2.45, 2.75) is 38.3 Å². The zero-order valence-electron chi connectivity index (χ0n) is 14.9. The maximum Gasteiger partial charge on any atom is 0.317 e. The number of nitrogens with one attached hydrogen (secondary N) is 1. The Morgan fingerprint density at radius 2 is 1.92 bits per heavy atom. The van der Waals surface area contributed by atoms with Crippen LogP contribution in [0.15, 0.2) is 24.5 Å². The summed E-state index contributed by atoms with van der Waals surface area (Å²) in [7, 11) is 0. The monoisotopic (exact) mass is 358 g/mol. The number of hydrogen-bond acceptors (Lipinski definition) is 4. The largest absolute Gasteiger partial charge is 0.481 e. The molecule has 1 aromatic rings. The van der Waals surface area contributed by atoms with Crippen molar-refractivity contribution in [1.82, 2.24) is 20.1 Å². The number of aromatic nitrogens is 1. The van der Waals surface area contributed by atoms with Gasteiger partial charge in [-0.1, -0.05) is 12.8 Å². The van der Waals surface area contributed by atoms with Crippen LogP contribution in [0.4, 0.5) is 4.79 Å². The molecule has 2 atom stereocenters. The summed E-state index contributed by atoms with van der Waals surface area (Å²) < 4.78 is 0. The number of hydrogen-bond donors (Lipinski definition) is 2. The van der Waals surface area contributed by atoms with Crippen molar-refractivity contribution >= 4 is 12.0 Å². The van der Waals surface area contributed by atoms with Gasteiger partial charge in [0.1, 0.15) is 5.41 Å². The van der Waals surface area contributed by atoms with Crippen LogP contribution >= 0.6 is 0 Å². The standard InChI is InChI=1S/C19H26N4O3/c24-17(25)19-12-22(9-14-5-7-20-8-6-14)10-15(19)11-23(13-19)18(26)21-16-3-1-2-4-16/h5-8,15-16H,1-4,9-13H2,(H,21,26)(H,24,25)/t15-,19-/m1/s1. The first-order valence-corrected chi connectivity index (χ1v) is 9.47. The van der Waals surface area contributed by atoms with Crippen molar-refractivity contribution in [3.05, 3.63) is 30.1 Å². The third kappa shape index (κ3) is 3.16. The molecule has 3 fully saturated rings. The number of fused-ring (bicyclic) bond motifs is 1. The van der Waals surface area contributed by atoms with Crippen LogP contribution in [0.5, 0.6) is 0 Å². The minimum Gasteiger partial charge on any atom is -0.481 e. The molecule has 0 spiro atoms.